The SMILES string of the molecule is N#C[C@H](Cc1ccc(OCCN[C@H]2C3CN(Cc4cccc(F)c4)C[C@@H]32)cc1)C(=O)O. The maximum atomic E-state index is 13.3. The van der Waals surface area contributed by atoms with Gasteiger partial charge in [-0.05, 0) is 53.6 Å². The molecule has 7 heteroatoms. The van der Waals surface area contributed by atoms with Gasteiger partial charge in [0.15, 0.2) is 0 Å². The fourth-order valence-corrected chi connectivity index (χ4v) is 4.48. The van der Waals surface area contributed by atoms with E-state index in [2.05, 4.69) is 10.2 Å². The van der Waals surface area contributed by atoms with Gasteiger partial charge in [0.25, 0.3) is 0 Å². The molecule has 0 aromatic heterocycles. The predicted octanol–water partition coefficient (Wildman–Crippen LogP) is 2.69. The average Bonchev–Trinajstić information content (AvgIpc) is 3.20. The number of ether oxygens (including phenoxy) is 1. The van der Waals surface area contributed by atoms with Gasteiger partial charge < -0.3 is 15.2 Å². The minimum absolute atomic E-state index is 0.178. The predicted molar refractivity (Wildman–Crippen MR) is 113 cm³/mol. The Bertz CT molecular complexity index is 947. The molecule has 0 amide bonds. The number of benzene rings is 2. The summed E-state index contributed by atoms with van der Waals surface area (Å²) in [4.78, 5) is 13.3. The lowest BCUT2D eigenvalue weighted by Crippen LogP contribution is -2.33. The Morgan fingerprint density at radius 3 is 2.61 bits per heavy atom. The summed E-state index contributed by atoms with van der Waals surface area (Å²) in [5.41, 5.74) is 1.82. The van der Waals surface area contributed by atoms with Crippen LogP contribution >= 0.6 is 0 Å². The second kappa shape index (κ2) is 9.46. The van der Waals surface area contributed by atoms with Crippen molar-refractivity contribution in [2.45, 2.75) is 19.0 Å². The smallest absolute Gasteiger partial charge is 0.321 e. The second-order valence-corrected chi connectivity index (χ2v) is 8.35. The maximum absolute atomic E-state index is 13.3. The zero-order valence-corrected chi connectivity index (χ0v) is 17.2. The Balaban J connectivity index is 1.12. The van der Waals surface area contributed by atoms with E-state index in [0.717, 1.165) is 43.1 Å². The number of aliphatic carboxylic acids is 1. The van der Waals surface area contributed by atoms with E-state index in [1.54, 1.807) is 30.3 Å². The first-order chi connectivity index (χ1) is 15.0. The van der Waals surface area contributed by atoms with Gasteiger partial charge >= 0.3 is 5.97 Å². The first-order valence-electron chi connectivity index (χ1n) is 10.6. The van der Waals surface area contributed by atoms with Crippen LogP contribution in [-0.2, 0) is 17.8 Å². The summed E-state index contributed by atoms with van der Waals surface area (Å²) >= 11 is 0. The molecule has 31 heavy (non-hydrogen) atoms. The number of rotatable bonds is 10. The molecule has 162 valence electrons. The largest absolute Gasteiger partial charge is 0.492 e. The summed E-state index contributed by atoms with van der Waals surface area (Å²) in [7, 11) is 0. The molecule has 0 spiro atoms. The van der Waals surface area contributed by atoms with Crippen LogP contribution in [0.1, 0.15) is 11.1 Å². The van der Waals surface area contributed by atoms with Crippen molar-refractivity contribution >= 4 is 5.97 Å². The molecule has 2 N–H and O–H groups in total. The van der Waals surface area contributed by atoms with E-state index < -0.39 is 11.9 Å². The molecule has 4 atom stereocenters. The molecular formula is C24H26FN3O3. The van der Waals surface area contributed by atoms with Crippen LogP contribution < -0.4 is 10.1 Å². The Hall–Kier alpha value is -2.95. The highest BCUT2D eigenvalue weighted by atomic mass is 19.1. The highest BCUT2D eigenvalue weighted by Crippen LogP contribution is 2.45. The van der Waals surface area contributed by atoms with Gasteiger partial charge in [-0.15, -0.1) is 0 Å². The highest BCUT2D eigenvalue weighted by Gasteiger charge is 2.55. The van der Waals surface area contributed by atoms with Gasteiger partial charge in [0.05, 0.1) is 6.07 Å². The summed E-state index contributed by atoms with van der Waals surface area (Å²) < 4.78 is 19.1. The van der Waals surface area contributed by atoms with Gasteiger partial charge in [-0.25, -0.2) is 4.39 Å². The van der Waals surface area contributed by atoms with Crippen molar-refractivity contribution < 1.29 is 19.0 Å². The molecule has 0 radical (unpaired) electrons. The van der Waals surface area contributed by atoms with E-state index >= 15 is 0 Å². The number of carboxylic acid groups (broad SMARTS) is 1. The third-order valence-corrected chi connectivity index (χ3v) is 6.13. The molecule has 6 nitrogen and oxygen atoms in total. The number of carboxylic acids is 1. The Morgan fingerprint density at radius 2 is 1.97 bits per heavy atom. The number of nitriles is 1. The molecule has 2 aromatic carbocycles. The third kappa shape index (κ3) is 5.40. The van der Waals surface area contributed by atoms with E-state index in [1.807, 2.05) is 18.2 Å². The molecule has 0 bridgehead atoms. The van der Waals surface area contributed by atoms with Crippen LogP contribution in [0.5, 0.6) is 5.75 Å². The lowest BCUT2D eigenvalue weighted by molar-refractivity contribution is -0.139. The molecule has 1 aliphatic heterocycles. The van der Waals surface area contributed by atoms with E-state index in [0.29, 0.717) is 24.5 Å². The van der Waals surface area contributed by atoms with Crippen LogP contribution in [0.2, 0.25) is 0 Å². The Morgan fingerprint density at radius 1 is 1.23 bits per heavy atom. The van der Waals surface area contributed by atoms with Crippen LogP contribution in [0.4, 0.5) is 4.39 Å². The lowest BCUT2D eigenvalue weighted by Gasteiger charge is -2.20. The quantitative estimate of drug-likeness (QED) is 0.572. The van der Waals surface area contributed by atoms with Crippen molar-refractivity contribution in [3.63, 3.8) is 0 Å². The summed E-state index contributed by atoms with van der Waals surface area (Å²) in [5.74, 6) is -0.255. The number of hydrogen-bond donors (Lipinski definition) is 2. The van der Waals surface area contributed by atoms with Crippen LogP contribution in [-0.4, -0.2) is 48.3 Å². The molecule has 2 fully saturated rings. The fourth-order valence-electron chi connectivity index (χ4n) is 4.48. The van der Waals surface area contributed by atoms with Crippen molar-refractivity contribution in [1.82, 2.24) is 10.2 Å². The first kappa shape index (κ1) is 21.3. The summed E-state index contributed by atoms with van der Waals surface area (Å²) in [6, 6.07) is 16.4. The lowest BCUT2D eigenvalue weighted by atomic mass is 10.0. The standard InChI is InChI=1S/C24H26FN3O3/c25-19-3-1-2-17(11-19)13-28-14-21-22(15-28)23(21)27-8-9-31-20-6-4-16(5-7-20)10-18(12-26)24(29)30/h1-7,11,18,21-23,27H,8-10,13-15H2,(H,29,30)/t18-,21-,22?,23+/m0/s1. The van der Waals surface area contributed by atoms with Gasteiger partial charge in [0.2, 0.25) is 0 Å². The average molecular weight is 423 g/mol. The van der Waals surface area contributed by atoms with Crippen molar-refractivity contribution in [3.05, 3.63) is 65.5 Å². The first-order valence-corrected chi connectivity index (χ1v) is 10.6. The zero-order valence-electron chi connectivity index (χ0n) is 17.2. The minimum atomic E-state index is -1.10. The van der Waals surface area contributed by atoms with Gasteiger partial charge in [0.1, 0.15) is 24.1 Å². The van der Waals surface area contributed by atoms with Crippen LogP contribution in [0.15, 0.2) is 48.5 Å². The van der Waals surface area contributed by atoms with E-state index in [9.17, 15) is 9.18 Å². The number of piperidine rings is 1. The number of carbonyl (C=O) groups is 1. The topological polar surface area (TPSA) is 85.6 Å². The molecular weight excluding hydrogens is 397 g/mol. The number of nitrogens with one attached hydrogen (secondary N) is 1. The van der Waals surface area contributed by atoms with Gasteiger partial charge in [-0.1, -0.05) is 24.3 Å². The van der Waals surface area contributed by atoms with E-state index in [4.69, 9.17) is 15.1 Å². The third-order valence-electron chi connectivity index (χ3n) is 6.13. The monoisotopic (exact) mass is 423 g/mol. The number of hydrogen-bond acceptors (Lipinski definition) is 5. The van der Waals surface area contributed by atoms with Crippen molar-refractivity contribution in [2.24, 2.45) is 17.8 Å². The molecule has 1 saturated heterocycles. The van der Waals surface area contributed by atoms with Crippen LogP contribution in [0.3, 0.4) is 0 Å². The molecule has 1 saturated carbocycles. The van der Waals surface area contributed by atoms with Crippen LogP contribution in [0, 0.1) is 34.9 Å². The molecule has 1 aliphatic carbocycles. The number of fused-ring (bicyclic) bond motifs is 1. The summed E-state index contributed by atoms with van der Waals surface area (Å²) in [6.07, 6.45) is 0.189. The Labute approximate surface area is 181 Å². The summed E-state index contributed by atoms with van der Waals surface area (Å²) in [6.45, 7) is 4.21. The number of nitrogens with zero attached hydrogens (tertiary/aromatic N) is 2. The van der Waals surface area contributed by atoms with E-state index in [-0.39, 0.29) is 12.2 Å². The van der Waals surface area contributed by atoms with Crippen LogP contribution in [0.25, 0.3) is 0 Å². The van der Waals surface area contributed by atoms with E-state index in [1.165, 1.54) is 6.07 Å². The van der Waals surface area contributed by atoms with Crippen molar-refractivity contribution in [2.75, 3.05) is 26.2 Å². The molecule has 2 aliphatic rings. The highest BCUT2D eigenvalue weighted by molar-refractivity contribution is 5.73. The maximum Gasteiger partial charge on any atom is 0.321 e. The normalized spacial score (nSPS) is 23.0. The van der Waals surface area contributed by atoms with Crippen molar-refractivity contribution in [1.29, 1.82) is 5.26 Å². The zero-order chi connectivity index (χ0) is 21.8. The molecule has 4 rings (SSSR count). The molecule has 1 heterocycles. The minimum Gasteiger partial charge on any atom is -0.492 e. The number of halogens is 1. The number of likely N-dealkylation sites (tertiary alicyclic amines) is 1. The summed E-state index contributed by atoms with van der Waals surface area (Å²) in [5, 5.41) is 21.4. The van der Waals surface area contributed by atoms with Crippen molar-refractivity contribution in [3.8, 4) is 11.8 Å². The second-order valence-electron chi connectivity index (χ2n) is 8.35. The van der Waals surface area contributed by atoms with Gasteiger partial charge in [-0.3, -0.25) is 9.69 Å². The van der Waals surface area contributed by atoms with Gasteiger partial charge in [-0.2, -0.15) is 5.26 Å². The molecule has 2 aromatic rings. The fraction of sp³-hybridized carbons (Fsp3) is 0.417. The Kier molecular flexibility index (Phi) is 6.50. The molecule has 1 unspecified atom stereocenters. The van der Waals surface area contributed by atoms with Gasteiger partial charge in [0, 0.05) is 32.2 Å².